The van der Waals surface area contributed by atoms with Gasteiger partial charge in [-0.05, 0) is 36.9 Å². The molecule has 2 rings (SSSR count). The summed E-state index contributed by atoms with van der Waals surface area (Å²) in [7, 11) is 0. The van der Waals surface area contributed by atoms with Crippen LogP contribution in [0.25, 0.3) is 0 Å². The number of hydrogen-bond acceptors (Lipinski definition) is 2. The van der Waals surface area contributed by atoms with Crippen molar-refractivity contribution in [2.75, 3.05) is 6.54 Å². The molecular weight excluding hydrogens is 220 g/mol. The Balaban J connectivity index is 2.11. The maximum atomic E-state index is 4.65. The van der Waals surface area contributed by atoms with Gasteiger partial charge in [-0.3, -0.25) is 4.98 Å². The largest absolute Gasteiger partial charge is 0.309 e. The summed E-state index contributed by atoms with van der Waals surface area (Å²) in [6.07, 6.45) is 9.95. The maximum Gasteiger partial charge on any atom is 0.0605 e. The maximum absolute atomic E-state index is 4.65. The van der Waals surface area contributed by atoms with Gasteiger partial charge in [0, 0.05) is 6.20 Å². The standard InChI is InChI=1S/C16H26N2/c1-3-14-10-7-11-18-16(14)15(17-4-2)12-13-8-5-6-9-13/h7,10-11,13,15,17H,3-6,8-9,12H2,1-2H3. The van der Waals surface area contributed by atoms with Crippen molar-refractivity contribution in [3.05, 3.63) is 29.6 Å². The van der Waals surface area contributed by atoms with Crippen LogP contribution in [0, 0.1) is 5.92 Å². The van der Waals surface area contributed by atoms with Crippen LogP contribution < -0.4 is 5.32 Å². The van der Waals surface area contributed by atoms with Crippen LogP contribution >= 0.6 is 0 Å². The Morgan fingerprint density at radius 3 is 2.78 bits per heavy atom. The molecule has 2 heteroatoms. The van der Waals surface area contributed by atoms with E-state index in [0.29, 0.717) is 6.04 Å². The van der Waals surface area contributed by atoms with E-state index in [1.54, 1.807) is 0 Å². The summed E-state index contributed by atoms with van der Waals surface area (Å²) >= 11 is 0. The van der Waals surface area contributed by atoms with Crippen LogP contribution in [0.2, 0.25) is 0 Å². The first kappa shape index (κ1) is 13.5. The van der Waals surface area contributed by atoms with Gasteiger partial charge in [-0.2, -0.15) is 0 Å². The topological polar surface area (TPSA) is 24.9 Å². The van der Waals surface area contributed by atoms with Gasteiger partial charge in [-0.15, -0.1) is 0 Å². The van der Waals surface area contributed by atoms with E-state index < -0.39 is 0 Å². The van der Waals surface area contributed by atoms with Gasteiger partial charge in [0.1, 0.15) is 0 Å². The summed E-state index contributed by atoms with van der Waals surface area (Å²) in [5.41, 5.74) is 2.69. The zero-order chi connectivity index (χ0) is 12.8. The summed E-state index contributed by atoms with van der Waals surface area (Å²) in [4.78, 5) is 4.65. The Morgan fingerprint density at radius 1 is 1.33 bits per heavy atom. The lowest BCUT2D eigenvalue weighted by molar-refractivity contribution is 0.393. The van der Waals surface area contributed by atoms with Crippen molar-refractivity contribution in [2.45, 2.75) is 58.4 Å². The van der Waals surface area contributed by atoms with Crippen molar-refractivity contribution >= 4 is 0 Å². The fourth-order valence-electron chi connectivity index (χ4n) is 3.18. The van der Waals surface area contributed by atoms with E-state index in [4.69, 9.17) is 0 Å². The molecule has 0 amide bonds. The van der Waals surface area contributed by atoms with Gasteiger partial charge >= 0.3 is 0 Å². The summed E-state index contributed by atoms with van der Waals surface area (Å²) in [5.74, 6) is 0.903. The van der Waals surface area contributed by atoms with Crippen molar-refractivity contribution in [1.82, 2.24) is 10.3 Å². The third kappa shape index (κ3) is 3.32. The minimum atomic E-state index is 0.453. The Hall–Kier alpha value is -0.890. The molecule has 1 heterocycles. The minimum Gasteiger partial charge on any atom is -0.309 e. The van der Waals surface area contributed by atoms with Crippen molar-refractivity contribution in [3.8, 4) is 0 Å². The minimum absolute atomic E-state index is 0.453. The molecule has 1 atom stereocenters. The van der Waals surface area contributed by atoms with Crippen LogP contribution in [0.5, 0.6) is 0 Å². The number of nitrogens with zero attached hydrogens (tertiary/aromatic N) is 1. The zero-order valence-corrected chi connectivity index (χ0v) is 11.8. The predicted octanol–water partition coefficient (Wildman–Crippen LogP) is 3.87. The van der Waals surface area contributed by atoms with Gasteiger partial charge in [-0.1, -0.05) is 45.6 Å². The quantitative estimate of drug-likeness (QED) is 0.824. The molecule has 0 saturated heterocycles. The van der Waals surface area contributed by atoms with Crippen LogP contribution in [0.3, 0.4) is 0 Å². The molecule has 1 aliphatic rings. The third-order valence-electron chi connectivity index (χ3n) is 4.13. The van der Waals surface area contributed by atoms with Gasteiger partial charge in [0.05, 0.1) is 11.7 Å². The van der Waals surface area contributed by atoms with Crippen LogP contribution in [0.15, 0.2) is 18.3 Å². The van der Waals surface area contributed by atoms with Crippen LogP contribution in [0.4, 0.5) is 0 Å². The molecule has 1 aromatic heterocycles. The van der Waals surface area contributed by atoms with Crippen LogP contribution in [0.1, 0.15) is 63.3 Å². The average Bonchev–Trinajstić information content (AvgIpc) is 2.91. The molecule has 18 heavy (non-hydrogen) atoms. The lowest BCUT2D eigenvalue weighted by Gasteiger charge is -2.23. The van der Waals surface area contributed by atoms with E-state index in [1.165, 1.54) is 43.4 Å². The second-order valence-corrected chi connectivity index (χ2v) is 5.40. The molecule has 0 spiro atoms. The van der Waals surface area contributed by atoms with Gasteiger partial charge in [0.25, 0.3) is 0 Å². The molecule has 1 aliphatic carbocycles. The number of pyridine rings is 1. The third-order valence-corrected chi connectivity index (χ3v) is 4.13. The van der Waals surface area contributed by atoms with Crippen molar-refractivity contribution in [3.63, 3.8) is 0 Å². The number of aryl methyl sites for hydroxylation is 1. The molecule has 0 aromatic carbocycles. The van der Waals surface area contributed by atoms with Gasteiger partial charge in [0.15, 0.2) is 0 Å². The van der Waals surface area contributed by atoms with Crippen LogP contribution in [-0.2, 0) is 6.42 Å². The number of aromatic nitrogens is 1. The second-order valence-electron chi connectivity index (χ2n) is 5.40. The van der Waals surface area contributed by atoms with E-state index in [0.717, 1.165) is 18.9 Å². The Morgan fingerprint density at radius 2 is 2.11 bits per heavy atom. The Labute approximate surface area is 111 Å². The predicted molar refractivity (Wildman–Crippen MR) is 76.6 cm³/mol. The highest BCUT2D eigenvalue weighted by Gasteiger charge is 2.22. The average molecular weight is 246 g/mol. The molecule has 2 nitrogen and oxygen atoms in total. The second kappa shape index (κ2) is 6.89. The van der Waals surface area contributed by atoms with E-state index in [9.17, 15) is 0 Å². The first-order valence-electron chi connectivity index (χ1n) is 7.52. The summed E-state index contributed by atoms with van der Waals surface area (Å²) in [6, 6.07) is 4.73. The number of rotatable bonds is 6. The molecule has 100 valence electrons. The fraction of sp³-hybridized carbons (Fsp3) is 0.688. The SMILES string of the molecule is CCNC(CC1CCCC1)c1ncccc1CC. The molecular formula is C16H26N2. The first-order chi connectivity index (χ1) is 8.85. The highest BCUT2D eigenvalue weighted by molar-refractivity contribution is 5.23. The zero-order valence-electron chi connectivity index (χ0n) is 11.8. The smallest absolute Gasteiger partial charge is 0.0605 e. The Kier molecular flexibility index (Phi) is 5.18. The normalized spacial score (nSPS) is 18.1. The van der Waals surface area contributed by atoms with Crippen molar-refractivity contribution < 1.29 is 0 Å². The van der Waals surface area contributed by atoms with E-state index >= 15 is 0 Å². The lowest BCUT2D eigenvalue weighted by atomic mass is 9.93. The molecule has 1 fully saturated rings. The number of hydrogen-bond donors (Lipinski definition) is 1. The van der Waals surface area contributed by atoms with E-state index in [-0.39, 0.29) is 0 Å². The Bertz CT molecular complexity index is 356. The molecule has 1 saturated carbocycles. The highest BCUT2D eigenvalue weighted by atomic mass is 14.9. The number of nitrogens with one attached hydrogen (secondary N) is 1. The molecule has 0 radical (unpaired) electrons. The fourth-order valence-corrected chi connectivity index (χ4v) is 3.18. The molecule has 0 aliphatic heterocycles. The van der Waals surface area contributed by atoms with Crippen LogP contribution in [-0.4, -0.2) is 11.5 Å². The first-order valence-corrected chi connectivity index (χ1v) is 7.52. The lowest BCUT2D eigenvalue weighted by Crippen LogP contribution is -2.25. The monoisotopic (exact) mass is 246 g/mol. The van der Waals surface area contributed by atoms with Crippen molar-refractivity contribution in [2.24, 2.45) is 5.92 Å². The van der Waals surface area contributed by atoms with Gasteiger partial charge < -0.3 is 5.32 Å². The molecule has 1 aromatic rings. The molecule has 0 bridgehead atoms. The summed E-state index contributed by atoms with van der Waals surface area (Å²) in [6.45, 7) is 5.44. The van der Waals surface area contributed by atoms with Crippen molar-refractivity contribution in [1.29, 1.82) is 0 Å². The summed E-state index contributed by atoms with van der Waals surface area (Å²) in [5, 5.41) is 3.64. The molecule has 1 unspecified atom stereocenters. The van der Waals surface area contributed by atoms with E-state index in [1.807, 2.05) is 6.20 Å². The van der Waals surface area contributed by atoms with Gasteiger partial charge in [0.2, 0.25) is 0 Å². The highest BCUT2D eigenvalue weighted by Crippen LogP contribution is 2.33. The molecule has 1 N–H and O–H groups in total. The summed E-state index contributed by atoms with van der Waals surface area (Å²) < 4.78 is 0. The van der Waals surface area contributed by atoms with Gasteiger partial charge in [-0.25, -0.2) is 0 Å². The van der Waals surface area contributed by atoms with E-state index in [2.05, 4.69) is 36.3 Å².